The van der Waals surface area contributed by atoms with Gasteiger partial charge in [0.25, 0.3) is 0 Å². The molecule has 0 bridgehead atoms. The van der Waals surface area contributed by atoms with Crippen LogP contribution in [0.4, 0.5) is 5.69 Å². The number of methoxy groups -OCH3 is 1. The highest BCUT2D eigenvalue weighted by Crippen LogP contribution is 2.29. The number of rotatable bonds is 5. The normalized spacial score (nSPS) is 10.8. The monoisotopic (exact) mass is 387 g/mol. The zero-order chi connectivity index (χ0) is 19.6. The minimum absolute atomic E-state index is 0.0996. The van der Waals surface area contributed by atoms with E-state index in [9.17, 15) is 9.59 Å². The van der Waals surface area contributed by atoms with Crippen LogP contribution in [0.25, 0.3) is 11.0 Å². The molecule has 6 nitrogen and oxygen atoms in total. The second-order valence-electron chi connectivity index (χ2n) is 5.92. The van der Waals surface area contributed by atoms with Gasteiger partial charge in [-0.3, -0.25) is 0 Å². The van der Waals surface area contributed by atoms with Crippen molar-refractivity contribution in [2.24, 2.45) is 0 Å². The number of hydrogen-bond acceptors (Lipinski definition) is 6. The average Bonchev–Trinajstić information content (AvgIpc) is 2.66. The highest BCUT2D eigenvalue weighted by Gasteiger charge is 2.17. The molecule has 7 heteroatoms. The van der Waals surface area contributed by atoms with Gasteiger partial charge in [-0.2, -0.15) is 0 Å². The third-order valence-electron chi connectivity index (χ3n) is 4.20. The van der Waals surface area contributed by atoms with Gasteiger partial charge in [-0.25, -0.2) is 9.59 Å². The van der Waals surface area contributed by atoms with Crippen molar-refractivity contribution in [3.05, 3.63) is 68.5 Å². The van der Waals surface area contributed by atoms with Crippen molar-refractivity contribution >= 4 is 34.2 Å². The molecular formula is C20H18ClNO5. The molecule has 2 N–H and O–H groups in total. The molecule has 0 atom stereocenters. The van der Waals surface area contributed by atoms with Gasteiger partial charge >= 0.3 is 11.6 Å². The van der Waals surface area contributed by atoms with E-state index in [-0.39, 0.29) is 22.9 Å². The van der Waals surface area contributed by atoms with Gasteiger partial charge in [0, 0.05) is 23.1 Å². The lowest BCUT2D eigenvalue weighted by Gasteiger charge is -2.11. The van der Waals surface area contributed by atoms with Crippen LogP contribution in [0.3, 0.4) is 0 Å². The van der Waals surface area contributed by atoms with Crippen LogP contribution >= 0.6 is 11.6 Å². The highest BCUT2D eigenvalue weighted by atomic mass is 35.5. The molecule has 2 aromatic carbocycles. The van der Waals surface area contributed by atoms with Crippen molar-refractivity contribution in [3.8, 4) is 5.75 Å². The number of benzene rings is 2. The van der Waals surface area contributed by atoms with E-state index >= 15 is 0 Å². The lowest BCUT2D eigenvalue weighted by Crippen LogP contribution is -2.10. The van der Waals surface area contributed by atoms with Crippen LogP contribution in [-0.2, 0) is 17.8 Å². The maximum atomic E-state index is 12.5. The molecule has 1 aromatic heterocycles. The largest absolute Gasteiger partial charge is 0.496 e. The van der Waals surface area contributed by atoms with E-state index in [1.807, 2.05) is 25.1 Å². The van der Waals surface area contributed by atoms with Crippen LogP contribution in [0.15, 0.2) is 45.6 Å². The SMILES string of the molecule is CCc1ccc2c(COC(=O)c3cc(Cl)c(N)cc3OC)cc(=O)oc2c1. The topological polar surface area (TPSA) is 91.8 Å². The first-order valence-electron chi connectivity index (χ1n) is 8.28. The van der Waals surface area contributed by atoms with E-state index in [1.165, 1.54) is 25.3 Å². The molecule has 0 saturated heterocycles. The Morgan fingerprint density at radius 2 is 2.00 bits per heavy atom. The number of halogens is 1. The Morgan fingerprint density at radius 3 is 2.70 bits per heavy atom. The highest BCUT2D eigenvalue weighted by molar-refractivity contribution is 6.33. The maximum Gasteiger partial charge on any atom is 0.342 e. The predicted molar refractivity (Wildman–Crippen MR) is 103 cm³/mol. The molecule has 0 aliphatic carbocycles. The third kappa shape index (κ3) is 3.90. The molecule has 0 saturated carbocycles. The van der Waals surface area contributed by atoms with Crippen molar-refractivity contribution < 1.29 is 18.7 Å². The van der Waals surface area contributed by atoms with Crippen LogP contribution in [0.1, 0.15) is 28.4 Å². The van der Waals surface area contributed by atoms with Gasteiger partial charge < -0.3 is 19.6 Å². The molecule has 0 amide bonds. The van der Waals surface area contributed by atoms with E-state index in [4.69, 9.17) is 31.2 Å². The summed E-state index contributed by atoms with van der Waals surface area (Å²) in [4.78, 5) is 24.3. The van der Waals surface area contributed by atoms with Gasteiger partial charge in [0.05, 0.1) is 17.8 Å². The summed E-state index contributed by atoms with van der Waals surface area (Å²) in [5.74, 6) is -0.382. The summed E-state index contributed by atoms with van der Waals surface area (Å²) in [5, 5.41) is 0.933. The fourth-order valence-corrected chi connectivity index (χ4v) is 2.90. The molecule has 0 radical (unpaired) electrons. The van der Waals surface area contributed by atoms with Gasteiger partial charge in [0.2, 0.25) is 0 Å². The standard InChI is InChI=1S/C20H18ClNO5/c1-3-11-4-5-13-12(7-19(23)27-18(13)6-11)10-26-20(24)14-8-15(21)16(22)9-17(14)25-2/h4-9H,3,10,22H2,1-2H3. The zero-order valence-electron chi connectivity index (χ0n) is 14.9. The number of carbonyl (C=O) groups is 1. The van der Waals surface area contributed by atoms with Crippen molar-refractivity contribution in [2.75, 3.05) is 12.8 Å². The summed E-state index contributed by atoms with van der Waals surface area (Å²) in [7, 11) is 1.42. The second-order valence-corrected chi connectivity index (χ2v) is 6.33. The van der Waals surface area contributed by atoms with Gasteiger partial charge in [-0.15, -0.1) is 0 Å². The summed E-state index contributed by atoms with van der Waals surface area (Å²) < 4.78 is 15.8. The first-order valence-corrected chi connectivity index (χ1v) is 8.66. The number of fused-ring (bicyclic) bond motifs is 1. The van der Waals surface area contributed by atoms with E-state index in [0.717, 1.165) is 12.0 Å². The van der Waals surface area contributed by atoms with Gasteiger partial charge in [0.15, 0.2) is 0 Å². The van der Waals surface area contributed by atoms with Gasteiger partial charge in [0.1, 0.15) is 23.5 Å². The lowest BCUT2D eigenvalue weighted by atomic mass is 10.1. The summed E-state index contributed by atoms with van der Waals surface area (Å²) in [6.07, 6.45) is 0.816. The number of aryl methyl sites for hydroxylation is 1. The minimum Gasteiger partial charge on any atom is -0.496 e. The Hall–Kier alpha value is -2.99. The Kier molecular flexibility index (Phi) is 5.37. The Labute approximate surface area is 160 Å². The summed E-state index contributed by atoms with van der Waals surface area (Å²) >= 11 is 5.99. The van der Waals surface area contributed by atoms with Crippen LogP contribution < -0.4 is 16.1 Å². The molecule has 0 spiro atoms. The Morgan fingerprint density at radius 1 is 1.22 bits per heavy atom. The Balaban J connectivity index is 1.90. The molecule has 0 unspecified atom stereocenters. The third-order valence-corrected chi connectivity index (χ3v) is 4.53. The second kappa shape index (κ2) is 7.72. The molecule has 1 heterocycles. The summed E-state index contributed by atoms with van der Waals surface area (Å²) in [5.41, 5.74) is 7.72. The maximum absolute atomic E-state index is 12.5. The molecule has 0 fully saturated rings. The van der Waals surface area contributed by atoms with Crippen molar-refractivity contribution in [1.82, 2.24) is 0 Å². The van der Waals surface area contributed by atoms with E-state index in [0.29, 0.717) is 22.2 Å². The van der Waals surface area contributed by atoms with Gasteiger partial charge in [-0.1, -0.05) is 30.7 Å². The lowest BCUT2D eigenvalue weighted by molar-refractivity contribution is 0.0470. The fraction of sp³-hybridized carbons (Fsp3) is 0.200. The first-order chi connectivity index (χ1) is 12.9. The van der Waals surface area contributed by atoms with Gasteiger partial charge in [-0.05, 0) is 24.1 Å². The van der Waals surface area contributed by atoms with E-state index < -0.39 is 11.6 Å². The summed E-state index contributed by atoms with van der Waals surface area (Å²) in [6, 6.07) is 9.76. The molecular weight excluding hydrogens is 370 g/mol. The van der Waals surface area contributed by atoms with Crippen molar-refractivity contribution in [1.29, 1.82) is 0 Å². The number of hydrogen-bond donors (Lipinski definition) is 1. The number of anilines is 1. The van der Waals surface area contributed by atoms with Crippen LogP contribution in [-0.4, -0.2) is 13.1 Å². The number of carbonyl (C=O) groups excluding carboxylic acids is 1. The quantitative estimate of drug-likeness (QED) is 0.405. The zero-order valence-corrected chi connectivity index (χ0v) is 15.6. The van der Waals surface area contributed by atoms with Crippen molar-refractivity contribution in [3.63, 3.8) is 0 Å². The molecule has 27 heavy (non-hydrogen) atoms. The first kappa shape index (κ1) is 18.8. The number of nitrogen functional groups attached to an aromatic ring is 1. The van der Waals surface area contributed by atoms with Crippen LogP contribution in [0.5, 0.6) is 5.75 Å². The molecule has 3 rings (SSSR count). The van der Waals surface area contributed by atoms with Crippen LogP contribution in [0, 0.1) is 0 Å². The van der Waals surface area contributed by atoms with Crippen molar-refractivity contribution in [2.45, 2.75) is 20.0 Å². The minimum atomic E-state index is -0.639. The van der Waals surface area contributed by atoms with Crippen LogP contribution in [0.2, 0.25) is 5.02 Å². The smallest absolute Gasteiger partial charge is 0.342 e. The predicted octanol–water partition coefficient (Wildman–Crippen LogP) is 3.96. The number of esters is 1. The molecule has 0 aliphatic rings. The Bertz CT molecular complexity index is 1070. The average molecular weight is 388 g/mol. The number of nitrogens with two attached hydrogens (primary N) is 1. The molecule has 3 aromatic rings. The van der Waals surface area contributed by atoms with E-state index in [2.05, 4.69) is 0 Å². The molecule has 0 aliphatic heterocycles. The fourth-order valence-electron chi connectivity index (χ4n) is 2.73. The number of ether oxygens (including phenoxy) is 2. The molecule has 140 valence electrons. The van der Waals surface area contributed by atoms with E-state index in [1.54, 1.807) is 0 Å². The summed E-state index contributed by atoms with van der Waals surface area (Å²) in [6.45, 7) is 1.91.